The van der Waals surface area contributed by atoms with Crippen LogP contribution in [0.25, 0.3) is 0 Å². The first kappa shape index (κ1) is 18.6. The maximum atomic E-state index is 9.00. The van der Waals surface area contributed by atoms with Crippen LogP contribution in [0.4, 0.5) is 0 Å². The van der Waals surface area contributed by atoms with Gasteiger partial charge in [-0.25, -0.2) is 0 Å². The molecular weight excluding hydrogens is 256 g/mol. The van der Waals surface area contributed by atoms with Crippen LogP contribution in [-0.4, -0.2) is 5.11 Å². The zero-order chi connectivity index (χ0) is 15.3. The average Bonchev–Trinajstić information content (AvgIpc) is 3.20. The van der Waals surface area contributed by atoms with Crippen LogP contribution in [-0.2, 0) is 0 Å². The molecule has 0 saturated heterocycles. The number of aliphatic hydroxyl groups is 1. The lowest BCUT2D eigenvalue weighted by Crippen LogP contribution is -1.87. The first-order valence-electron chi connectivity index (χ1n) is 9.60. The summed E-state index contributed by atoms with van der Waals surface area (Å²) >= 11 is 0. The Morgan fingerprint density at radius 1 is 0.810 bits per heavy atom. The van der Waals surface area contributed by atoms with Crippen molar-refractivity contribution >= 4 is 0 Å². The van der Waals surface area contributed by atoms with E-state index >= 15 is 0 Å². The van der Waals surface area contributed by atoms with Crippen molar-refractivity contribution in [2.24, 2.45) is 11.8 Å². The fourth-order valence-electron chi connectivity index (χ4n) is 3.47. The fourth-order valence-corrected chi connectivity index (χ4v) is 3.47. The highest BCUT2D eigenvalue weighted by molar-refractivity contribution is 4.85. The molecule has 1 N–H and O–H groups in total. The second-order valence-corrected chi connectivity index (χ2v) is 7.18. The van der Waals surface area contributed by atoms with Crippen LogP contribution < -0.4 is 0 Å². The number of aliphatic hydroxyl groups excluding tert-OH is 1. The van der Waals surface area contributed by atoms with Gasteiger partial charge in [0.1, 0.15) is 0 Å². The average molecular weight is 295 g/mol. The summed E-state index contributed by atoms with van der Waals surface area (Å²) in [5, 5.41) is 9.00. The fraction of sp³-hybridized carbons (Fsp3) is 0.900. The second-order valence-electron chi connectivity index (χ2n) is 7.18. The van der Waals surface area contributed by atoms with Crippen molar-refractivity contribution in [3.63, 3.8) is 0 Å². The van der Waals surface area contributed by atoms with Gasteiger partial charge in [0.2, 0.25) is 0 Å². The van der Waals surface area contributed by atoms with Gasteiger partial charge in [0.15, 0.2) is 0 Å². The molecule has 1 fully saturated rings. The van der Waals surface area contributed by atoms with Crippen LogP contribution >= 0.6 is 0 Å². The summed E-state index contributed by atoms with van der Waals surface area (Å²) in [7, 11) is 0. The van der Waals surface area contributed by atoms with Crippen molar-refractivity contribution in [2.75, 3.05) is 0 Å². The lowest BCUT2D eigenvalue weighted by Gasteiger charge is -2.03. The Labute approximate surface area is 133 Å². The molecule has 0 radical (unpaired) electrons. The molecule has 0 aromatic heterocycles. The molecule has 0 aliphatic heterocycles. The van der Waals surface area contributed by atoms with Gasteiger partial charge in [-0.3, -0.25) is 0 Å². The Morgan fingerprint density at radius 2 is 1.29 bits per heavy atom. The van der Waals surface area contributed by atoms with Gasteiger partial charge in [0.05, 0.1) is 5.76 Å². The molecule has 0 aromatic rings. The summed E-state index contributed by atoms with van der Waals surface area (Å²) in [6.07, 6.45) is 20.5. The van der Waals surface area contributed by atoms with Crippen molar-refractivity contribution in [3.05, 3.63) is 12.3 Å². The van der Waals surface area contributed by atoms with Gasteiger partial charge in [-0.2, -0.15) is 0 Å². The Balaban J connectivity index is 1.77. The van der Waals surface area contributed by atoms with Gasteiger partial charge in [0.25, 0.3) is 0 Å². The third kappa shape index (κ3) is 10.8. The van der Waals surface area contributed by atoms with Crippen LogP contribution in [0.3, 0.4) is 0 Å². The third-order valence-corrected chi connectivity index (χ3v) is 5.04. The van der Waals surface area contributed by atoms with Crippen LogP contribution in [0.2, 0.25) is 0 Å². The van der Waals surface area contributed by atoms with Crippen LogP contribution in [0, 0.1) is 11.8 Å². The van der Waals surface area contributed by atoms with E-state index in [1.165, 1.54) is 83.5 Å². The SMILES string of the molecule is C=C(O)CCCCCCCC1CC1CCCCCCCC. The van der Waals surface area contributed by atoms with E-state index in [0.717, 1.165) is 24.7 Å². The number of hydrogen-bond donors (Lipinski definition) is 1. The van der Waals surface area contributed by atoms with Crippen LogP contribution in [0.15, 0.2) is 12.3 Å². The third-order valence-electron chi connectivity index (χ3n) is 5.04. The monoisotopic (exact) mass is 294 g/mol. The Kier molecular flexibility index (Phi) is 10.7. The van der Waals surface area contributed by atoms with E-state index in [1.54, 1.807) is 0 Å². The summed E-state index contributed by atoms with van der Waals surface area (Å²) in [4.78, 5) is 0. The molecule has 0 spiro atoms. The van der Waals surface area contributed by atoms with E-state index in [4.69, 9.17) is 5.11 Å². The topological polar surface area (TPSA) is 20.2 Å². The van der Waals surface area contributed by atoms with Crippen molar-refractivity contribution in [1.29, 1.82) is 0 Å². The van der Waals surface area contributed by atoms with Crippen molar-refractivity contribution in [1.82, 2.24) is 0 Å². The van der Waals surface area contributed by atoms with E-state index in [9.17, 15) is 0 Å². The molecule has 124 valence electrons. The second kappa shape index (κ2) is 12.1. The molecule has 1 rings (SSSR count). The van der Waals surface area contributed by atoms with Gasteiger partial charge in [0, 0.05) is 6.42 Å². The molecule has 0 bridgehead atoms. The molecule has 1 saturated carbocycles. The molecule has 1 heteroatoms. The van der Waals surface area contributed by atoms with E-state index < -0.39 is 0 Å². The Morgan fingerprint density at radius 3 is 1.81 bits per heavy atom. The molecular formula is C20H38O. The molecule has 0 amide bonds. The van der Waals surface area contributed by atoms with Crippen molar-refractivity contribution in [2.45, 2.75) is 103 Å². The first-order valence-corrected chi connectivity index (χ1v) is 9.60. The van der Waals surface area contributed by atoms with E-state index in [2.05, 4.69) is 13.5 Å². The van der Waals surface area contributed by atoms with Gasteiger partial charge < -0.3 is 5.11 Å². The molecule has 1 nitrogen and oxygen atoms in total. The lowest BCUT2D eigenvalue weighted by atomic mass is 10.0. The highest BCUT2D eigenvalue weighted by Gasteiger charge is 2.34. The maximum Gasteiger partial charge on any atom is 0.0851 e. The van der Waals surface area contributed by atoms with Gasteiger partial charge in [-0.15, -0.1) is 0 Å². The first-order chi connectivity index (χ1) is 10.2. The molecule has 21 heavy (non-hydrogen) atoms. The Hall–Kier alpha value is -0.460. The number of rotatable bonds is 15. The van der Waals surface area contributed by atoms with Crippen molar-refractivity contribution in [3.8, 4) is 0 Å². The van der Waals surface area contributed by atoms with E-state index in [0.29, 0.717) is 5.76 Å². The molecule has 2 unspecified atom stereocenters. The standard InChI is InChI=1S/C20H38O/c1-3-4-5-6-9-12-15-19-17-20(19)16-13-10-7-8-11-14-18(2)21/h19-21H,2-17H2,1H3. The molecule has 1 aliphatic carbocycles. The van der Waals surface area contributed by atoms with Crippen molar-refractivity contribution < 1.29 is 5.11 Å². The van der Waals surface area contributed by atoms with E-state index in [1.807, 2.05) is 0 Å². The minimum atomic E-state index is 0.352. The zero-order valence-corrected chi connectivity index (χ0v) is 14.4. The molecule has 1 aliphatic rings. The normalized spacial score (nSPS) is 20.6. The van der Waals surface area contributed by atoms with Crippen LogP contribution in [0.5, 0.6) is 0 Å². The predicted molar refractivity (Wildman–Crippen MR) is 93.7 cm³/mol. The summed E-state index contributed by atoms with van der Waals surface area (Å²) in [5.74, 6) is 2.53. The maximum absolute atomic E-state index is 9.00. The largest absolute Gasteiger partial charge is 0.513 e. The smallest absolute Gasteiger partial charge is 0.0851 e. The quantitative estimate of drug-likeness (QED) is 0.250. The highest BCUT2D eigenvalue weighted by Crippen LogP contribution is 2.45. The number of allylic oxidation sites excluding steroid dienone is 1. The molecule has 0 aromatic carbocycles. The summed E-state index contributed by atoms with van der Waals surface area (Å²) < 4.78 is 0. The zero-order valence-electron chi connectivity index (χ0n) is 14.4. The highest BCUT2D eigenvalue weighted by atomic mass is 16.3. The van der Waals surface area contributed by atoms with Gasteiger partial charge in [-0.05, 0) is 24.7 Å². The molecule has 0 heterocycles. The minimum absolute atomic E-state index is 0.352. The van der Waals surface area contributed by atoms with E-state index in [-0.39, 0.29) is 0 Å². The van der Waals surface area contributed by atoms with Crippen LogP contribution in [0.1, 0.15) is 103 Å². The number of unbranched alkanes of at least 4 members (excludes halogenated alkanes) is 9. The summed E-state index contributed by atoms with van der Waals surface area (Å²) in [6.45, 7) is 5.82. The summed E-state index contributed by atoms with van der Waals surface area (Å²) in [6, 6.07) is 0. The minimum Gasteiger partial charge on any atom is -0.513 e. The predicted octanol–water partition coefficient (Wildman–Crippen LogP) is 7.18. The lowest BCUT2D eigenvalue weighted by molar-refractivity contribution is 0.383. The Bertz CT molecular complexity index is 259. The van der Waals surface area contributed by atoms with Gasteiger partial charge >= 0.3 is 0 Å². The summed E-state index contributed by atoms with van der Waals surface area (Å²) in [5.41, 5.74) is 0. The van der Waals surface area contributed by atoms with Gasteiger partial charge in [-0.1, -0.05) is 90.6 Å². The molecule has 2 atom stereocenters. The number of hydrogen-bond acceptors (Lipinski definition) is 1.